The minimum Gasteiger partial charge on any atom is -0.390 e. The first-order valence-electron chi connectivity index (χ1n) is 8.75. The van der Waals surface area contributed by atoms with E-state index in [9.17, 15) is 13.5 Å². The number of hydrogen-bond acceptors (Lipinski definition) is 5. The Morgan fingerprint density at radius 1 is 1.38 bits per heavy atom. The van der Waals surface area contributed by atoms with Gasteiger partial charge < -0.3 is 5.11 Å². The molecule has 3 rings (SSSR count). The SMILES string of the molecule is CCCn1cc(CN2CC[C@@]3(CCCN3S(C)(=O)=O)[C@@H](O)C2)cn1. The van der Waals surface area contributed by atoms with E-state index in [1.165, 1.54) is 6.26 Å². The highest BCUT2D eigenvalue weighted by molar-refractivity contribution is 7.88. The monoisotopic (exact) mass is 356 g/mol. The average Bonchev–Trinajstić information content (AvgIpc) is 3.11. The van der Waals surface area contributed by atoms with Crippen LogP contribution in [0, 0.1) is 0 Å². The first kappa shape index (κ1) is 17.8. The van der Waals surface area contributed by atoms with Crippen LogP contribution in [0.4, 0.5) is 0 Å². The largest absolute Gasteiger partial charge is 0.390 e. The summed E-state index contributed by atoms with van der Waals surface area (Å²) in [6, 6.07) is 0. The molecule has 3 heterocycles. The molecule has 0 bridgehead atoms. The van der Waals surface area contributed by atoms with Crippen molar-refractivity contribution in [1.29, 1.82) is 0 Å². The molecule has 0 aliphatic carbocycles. The van der Waals surface area contributed by atoms with Crippen LogP contribution in [0.1, 0.15) is 38.2 Å². The number of aliphatic hydroxyl groups excluding tert-OH is 1. The molecule has 1 aromatic rings. The van der Waals surface area contributed by atoms with E-state index in [0.717, 1.165) is 44.5 Å². The number of aromatic nitrogens is 2. The van der Waals surface area contributed by atoms with Gasteiger partial charge in [0, 0.05) is 44.5 Å². The smallest absolute Gasteiger partial charge is 0.211 e. The van der Waals surface area contributed by atoms with Crippen molar-refractivity contribution in [3.05, 3.63) is 18.0 Å². The maximum absolute atomic E-state index is 12.1. The van der Waals surface area contributed by atoms with Crippen molar-refractivity contribution >= 4 is 10.0 Å². The summed E-state index contributed by atoms with van der Waals surface area (Å²) < 4.78 is 27.6. The number of rotatable bonds is 5. The van der Waals surface area contributed by atoms with Crippen molar-refractivity contribution in [3.8, 4) is 0 Å². The van der Waals surface area contributed by atoms with Gasteiger partial charge in [-0.25, -0.2) is 8.42 Å². The van der Waals surface area contributed by atoms with Gasteiger partial charge in [-0.3, -0.25) is 9.58 Å². The molecule has 2 saturated heterocycles. The summed E-state index contributed by atoms with van der Waals surface area (Å²) in [6.07, 6.45) is 7.86. The van der Waals surface area contributed by atoms with Gasteiger partial charge >= 0.3 is 0 Å². The molecule has 2 atom stereocenters. The molecule has 1 aromatic heterocycles. The number of β-amino-alcohol motifs (C(OH)–C–C–N with tert-alkyl or cyclic N) is 1. The van der Waals surface area contributed by atoms with Gasteiger partial charge in [0.25, 0.3) is 0 Å². The predicted molar refractivity (Wildman–Crippen MR) is 91.9 cm³/mol. The fraction of sp³-hybridized carbons (Fsp3) is 0.812. The first-order chi connectivity index (χ1) is 11.3. The topological polar surface area (TPSA) is 78.7 Å². The van der Waals surface area contributed by atoms with Gasteiger partial charge in [-0.1, -0.05) is 6.92 Å². The molecule has 0 radical (unpaired) electrons. The molecule has 7 nitrogen and oxygen atoms in total. The Morgan fingerprint density at radius 3 is 2.83 bits per heavy atom. The van der Waals surface area contributed by atoms with Crippen molar-refractivity contribution in [2.45, 2.75) is 57.3 Å². The molecular formula is C16H28N4O3S. The normalized spacial score (nSPS) is 29.5. The highest BCUT2D eigenvalue weighted by atomic mass is 32.2. The maximum Gasteiger partial charge on any atom is 0.211 e. The van der Waals surface area contributed by atoms with Crippen LogP contribution in [0.15, 0.2) is 12.4 Å². The molecule has 2 fully saturated rings. The van der Waals surface area contributed by atoms with E-state index in [1.54, 1.807) is 4.31 Å². The lowest BCUT2D eigenvalue weighted by molar-refractivity contribution is -0.0380. The number of sulfonamides is 1. The molecule has 24 heavy (non-hydrogen) atoms. The number of hydrogen-bond donors (Lipinski definition) is 1. The van der Waals surface area contributed by atoms with Crippen LogP contribution in [0.3, 0.4) is 0 Å². The zero-order valence-electron chi connectivity index (χ0n) is 14.6. The first-order valence-corrected chi connectivity index (χ1v) is 10.6. The van der Waals surface area contributed by atoms with Crippen LogP contribution in [0.25, 0.3) is 0 Å². The molecule has 0 aromatic carbocycles. The van der Waals surface area contributed by atoms with Gasteiger partial charge in [-0.15, -0.1) is 0 Å². The highest BCUT2D eigenvalue weighted by Gasteiger charge is 2.52. The molecule has 0 saturated carbocycles. The van der Waals surface area contributed by atoms with Crippen LogP contribution in [0.5, 0.6) is 0 Å². The van der Waals surface area contributed by atoms with E-state index in [1.807, 2.05) is 10.9 Å². The molecular weight excluding hydrogens is 328 g/mol. The van der Waals surface area contributed by atoms with Crippen molar-refractivity contribution in [3.63, 3.8) is 0 Å². The summed E-state index contributed by atoms with van der Waals surface area (Å²) in [4.78, 5) is 2.20. The molecule has 2 aliphatic heterocycles. The van der Waals surface area contributed by atoms with Gasteiger partial charge in [0.2, 0.25) is 10.0 Å². The molecule has 2 aliphatic rings. The number of aryl methyl sites for hydroxylation is 1. The minimum atomic E-state index is -3.28. The number of aliphatic hydroxyl groups is 1. The third-order valence-electron chi connectivity index (χ3n) is 5.33. The van der Waals surface area contributed by atoms with Gasteiger partial charge in [0.05, 0.1) is 24.1 Å². The van der Waals surface area contributed by atoms with Crippen LogP contribution < -0.4 is 0 Å². The fourth-order valence-corrected chi connectivity index (χ4v) is 5.65. The van der Waals surface area contributed by atoms with Crippen LogP contribution >= 0.6 is 0 Å². The fourth-order valence-electron chi connectivity index (χ4n) is 4.22. The van der Waals surface area contributed by atoms with E-state index in [2.05, 4.69) is 23.1 Å². The van der Waals surface area contributed by atoms with E-state index < -0.39 is 21.7 Å². The third kappa shape index (κ3) is 3.37. The summed E-state index contributed by atoms with van der Waals surface area (Å²) in [5.41, 5.74) is 0.536. The lowest BCUT2D eigenvalue weighted by Crippen LogP contribution is -2.62. The number of nitrogens with zero attached hydrogens (tertiary/aromatic N) is 4. The molecule has 136 valence electrons. The Bertz CT molecular complexity index is 675. The van der Waals surface area contributed by atoms with Crippen molar-refractivity contribution in [2.75, 3.05) is 25.9 Å². The van der Waals surface area contributed by atoms with Crippen molar-refractivity contribution < 1.29 is 13.5 Å². The van der Waals surface area contributed by atoms with E-state index in [-0.39, 0.29) is 0 Å². The molecule has 0 amide bonds. The summed E-state index contributed by atoms with van der Waals surface area (Å²) >= 11 is 0. The summed E-state index contributed by atoms with van der Waals surface area (Å²) in [6.45, 7) is 5.61. The van der Waals surface area contributed by atoms with E-state index in [0.29, 0.717) is 19.5 Å². The van der Waals surface area contributed by atoms with Gasteiger partial charge in [-0.05, 0) is 25.7 Å². The lowest BCUT2D eigenvalue weighted by atomic mass is 9.83. The second kappa shape index (κ2) is 6.74. The van der Waals surface area contributed by atoms with E-state index >= 15 is 0 Å². The second-order valence-electron chi connectivity index (χ2n) is 7.15. The van der Waals surface area contributed by atoms with Crippen molar-refractivity contribution in [1.82, 2.24) is 19.0 Å². The van der Waals surface area contributed by atoms with Gasteiger partial charge in [0.15, 0.2) is 0 Å². The zero-order valence-corrected chi connectivity index (χ0v) is 15.4. The average molecular weight is 356 g/mol. The molecule has 0 unspecified atom stereocenters. The Morgan fingerprint density at radius 2 is 2.17 bits per heavy atom. The van der Waals surface area contributed by atoms with Crippen LogP contribution in [0.2, 0.25) is 0 Å². The van der Waals surface area contributed by atoms with Crippen LogP contribution in [-0.4, -0.2) is 70.0 Å². The molecule has 1 spiro atoms. The Hall–Kier alpha value is -0.960. The maximum atomic E-state index is 12.1. The Balaban J connectivity index is 1.66. The Kier molecular flexibility index (Phi) is 5.01. The lowest BCUT2D eigenvalue weighted by Gasteiger charge is -2.47. The van der Waals surface area contributed by atoms with Gasteiger partial charge in [0.1, 0.15) is 0 Å². The molecule has 8 heteroatoms. The van der Waals surface area contributed by atoms with Crippen molar-refractivity contribution in [2.24, 2.45) is 0 Å². The Labute approximate surface area is 144 Å². The molecule has 1 N–H and O–H groups in total. The van der Waals surface area contributed by atoms with E-state index in [4.69, 9.17) is 0 Å². The standard InChI is InChI=1S/C16H28N4O3S/c1-3-7-19-12-14(10-17-19)11-18-9-6-16(15(21)13-18)5-4-8-20(16)24(2,22)23/h10,12,15,21H,3-9,11,13H2,1-2H3/t15-,16-/m0/s1. The quantitative estimate of drug-likeness (QED) is 0.838. The third-order valence-corrected chi connectivity index (χ3v) is 6.67. The zero-order chi connectivity index (χ0) is 17.4. The predicted octanol–water partition coefficient (Wildman–Crippen LogP) is 0.654. The summed E-state index contributed by atoms with van der Waals surface area (Å²) in [7, 11) is -3.28. The van der Waals surface area contributed by atoms with Gasteiger partial charge in [-0.2, -0.15) is 9.40 Å². The summed E-state index contributed by atoms with van der Waals surface area (Å²) in [5, 5.41) is 15.1. The van der Waals surface area contributed by atoms with Crippen LogP contribution in [-0.2, 0) is 23.1 Å². The second-order valence-corrected chi connectivity index (χ2v) is 9.06. The number of likely N-dealkylation sites (tertiary alicyclic amines) is 1. The number of piperidine rings is 1. The highest BCUT2D eigenvalue weighted by Crippen LogP contribution is 2.40. The minimum absolute atomic E-state index is 0.505. The summed E-state index contributed by atoms with van der Waals surface area (Å²) in [5.74, 6) is 0.